The first kappa shape index (κ1) is 21.5. The molecule has 9 nitrogen and oxygen atoms in total. The third kappa shape index (κ3) is 4.70. The molecule has 0 atom stereocenters. The summed E-state index contributed by atoms with van der Waals surface area (Å²) in [6, 6.07) is 8.15. The highest BCUT2D eigenvalue weighted by Gasteiger charge is 2.27. The predicted octanol–water partition coefficient (Wildman–Crippen LogP) is 0.525. The van der Waals surface area contributed by atoms with Gasteiger partial charge in [0.2, 0.25) is 10.0 Å². The molecule has 0 radical (unpaired) electrons. The van der Waals surface area contributed by atoms with Gasteiger partial charge in [0.25, 0.3) is 10.0 Å². The van der Waals surface area contributed by atoms with Crippen LogP contribution in [0.1, 0.15) is 10.4 Å². The number of ether oxygens (including phenoxy) is 1. The van der Waals surface area contributed by atoms with Crippen LogP contribution in [0.2, 0.25) is 5.02 Å². The Morgan fingerprint density at radius 1 is 1.00 bits per heavy atom. The van der Waals surface area contributed by atoms with Crippen LogP contribution in [0, 0.1) is 0 Å². The summed E-state index contributed by atoms with van der Waals surface area (Å²) in [5.74, 6) is -1.58. The number of rotatable bonds is 6. The minimum absolute atomic E-state index is 0.0588. The van der Waals surface area contributed by atoms with Gasteiger partial charge in [-0.05, 0) is 42.5 Å². The van der Waals surface area contributed by atoms with Crippen LogP contribution >= 0.6 is 11.6 Å². The third-order valence-corrected chi connectivity index (χ3v) is 7.72. The first-order valence-electron chi connectivity index (χ1n) is 8.33. The molecular formula is C17H16ClN2O7S2-. The SMILES string of the molecule is O=C([O-])c1ccc(Cl)cc1NS(=O)(=O)c1ccc(S(=O)(=O)N2CCOCC2)cc1. The fraction of sp³-hybridized carbons (Fsp3) is 0.235. The average Bonchev–Trinajstić information content (AvgIpc) is 2.68. The van der Waals surface area contributed by atoms with E-state index in [0.29, 0.717) is 0 Å². The lowest BCUT2D eigenvalue weighted by molar-refractivity contribution is -0.254. The van der Waals surface area contributed by atoms with E-state index >= 15 is 0 Å². The second-order valence-electron chi connectivity index (χ2n) is 6.07. The lowest BCUT2D eigenvalue weighted by Gasteiger charge is -2.26. The Hall–Kier alpha value is -2.18. The predicted molar refractivity (Wildman–Crippen MR) is 103 cm³/mol. The molecule has 0 bridgehead atoms. The van der Waals surface area contributed by atoms with Crippen molar-refractivity contribution in [3.05, 3.63) is 53.1 Å². The zero-order chi connectivity index (χ0) is 21.2. The number of hydrogen-bond donors (Lipinski definition) is 1. The molecule has 0 saturated carbocycles. The maximum atomic E-state index is 12.6. The van der Waals surface area contributed by atoms with Crippen LogP contribution < -0.4 is 9.83 Å². The normalized spacial score (nSPS) is 15.8. The number of carbonyl (C=O) groups excluding carboxylic acids is 1. The van der Waals surface area contributed by atoms with Crippen LogP contribution in [0.25, 0.3) is 0 Å². The number of morpholine rings is 1. The van der Waals surface area contributed by atoms with E-state index in [2.05, 4.69) is 4.72 Å². The number of nitrogens with one attached hydrogen (secondary N) is 1. The zero-order valence-electron chi connectivity index (χ0n) is 14.9. The molecule has 29 heavy (non-hydrogen) atoms. The fourth-order valence-electron chi connectivity index (χ4n) is 2.71. The van der Waals surface area contributed by atoms with Crippen molar-refractivity contribution in [1.29, 1.82) is 0 Å². The molecule has 1 saturated heterocycles. The number of halogens is 1. The van der Waals surface area contributed by atoms with E-state index in [1.54, 1.807) is 0 Å². The molecule has 2 aromatic rings. The van der Waals surface area contributed by atoms with Crippen molar-refractivity contribution in [1.82, 2.24) is 4.31 Å². The standard InChI is InChI=1S/C17H17ClN2O7S2/c18-12-1-6-15(17(21)22)16(11-12)19-28(23,24)13-2-4-14(5-3-13)29(25,26)20-7-9-27-10-8-20/h1-6,11,19H,7-10H2,(H,21,22)/p-1. The van der Waals surface area contributed by atoms with Crippen molar-refractivity contribution >= 4 is 43.3 Å². The Kier molecular flexibility index (Phi) is 6.15. The van der Waals surface area contributed by atoms with Crippen LogP contribution in [0.4, 0.5) is 5.69 Å². The molecule has 0 amide bonds. The van der Waals surface area contributed by atoms with Crippen molar-refractivity contribution in [2.75, 3.05) is 31.0 Å². The number of benzene rings is 2. The van der Waals surface area contributed by atoms with E-state index in [0.717, 1.165) is 24.3 Å². The van der Waals surface area contributed by atoms with Gasteiger partial charge >= 0.3 is 0 Å². The molecule has 1 N–H and O–H groups in total. The van der Waals surface area contributed by atoms with Crippen LogP contribution in [0.15, 0.2) is 52.3 Å². The largest absolute Gasteiger partial charge is 0.545 e. The Bertz CT molecular complexity index is 1130. The van der Waals surface area contributed by atoms with Gasteiger partial charge in [0.05, 0.1) is 34.7 Å². The van der Waals surface area contributed by atoms with Gasteiger partial charge in [0.1, 0.15) is 0 Å². The van der Waals surface area contributed by atoms with Crippen molar-refractivity contribution < 1.29 is 31.5 Å². The summed E-state index contributed by atoms with van der Waals surface area (Å²) >= 11 is 5.81. The van der Waals surface area contributed by atoms with Crippen LogP contribution in [0.5, 0.6) is 0 Å². The van der Waals surface area contributed by atoms with E-state index in [1.807, 2.05) is 0 Å². The topological polar surface area (TPSA) is 133 Å². The molecule has 3 rings (SSSR count). The molecule has 2 aromatic carbocycles. The van der Waals surface area contributed by atoms with Crippen LogP contribution in [-0.4, -0.2) is 53.4 Å². The maximum Gasteiger partial charge on any atom is 0.261 e. The van der Waals surface area contributed by atoms with E-state index in [1.165, 1.54) is 22.5 Å². The number of sulfonamides is 2. The van der Waals surface area contributed by atoms with Crippen LogP contribution in [0.3, 0.4) is 0 Å². The molecule has 0 unspecified atom stereocenters. The molecule has 1 heterocycles. The van der Waals surface area contributed by atoms with Crippen molar-refractivity contribution in [2.24, 2.45) is 0 Å². The van der Waals surface area contributed by atoms with Gasteiger partial charge in [-0.1, -0.05) is 11.6 Å². The van der Waals surface area contributed by atoms with Crippen LogP contribution in [-0.2, 0) is 24.8 Å². The number of anilines is 1. The van der Waals surface area contributed by atoms with Gasteiger partial charge in [-0.3, -0.25) is 4.72 Å². The average molecular weight is 460 g/mol. The molecule has 156 valence electrons. The monoisotopic (exact) mass is 459 g/mol. The van der Waals surface area contributed by atoms with E-state index in [9.17, 15) is 26.7 Å². The van der Waals surface area contributed by atoms with Gasteiger partial charge in [-0.15, -0.1) is 0 Å². The first-order valence-corrected chi connectivity index (χ1v) is 11.6. The summed E-state index contributed by atoms with van der Waals surface area (Å²) in [7, 11) is -7.97. The zero-order valence-corrected chi connectivity index (χ0v) is 17.3. The minimum atomic E-state index is -4.20. The highest BCUT2D eigenvalue weighted by Crippen LogP contribution is 2.25. The highest BCUT2D eigenvalue weighted by molar-refractivity contribution is 7.92. The molecule has 0 spiro atoms. The highest BCUT2D eigenvalue weighted by atomic mass is 35.5. The van der Waals surface area contributed by atoms with E-state index in [4.69, 9.17) is 16.3 Å². The molecule has 1 aliphatic heterocycles. The second kappa shape index (κ2) is 8.28. The Balaban J connectivity index is 1.88. The summed E-state index contributed by atoms with van der Waals surface area (Å²) in [6.07, 6.45) is 0. The minimum Gasteiger partial charge on any atom is -0.545 e. The number of carboxylic acids is 1. The molecule has 0 aromatic heterocycles. The maximum absolute atomic E-state index is 12.6. The van der Waals surface area contributed by atoms with Gasteiger partial charge in [0, 0.05) is 23.7 Å². The molecule has 0 aliphatic carbocycles. The lowest BCUT2D eigenvalue weighted by Crippen LogP contribution is -2.40. The fourth-order valence-corrected chi connectivity index (χ4v) is 5.36. The summed E-state index contributed by atoms with van der Waals surface area (Å²) in [6.45, 7) is 1.00. The summed E-state index contributed by atoms with van der Waals surface area (Å²) in [5, 5.41) is 11.3. The summed E-state index contributed by atoms with van der Waals surface area (Å²) in [5.41, 5.74) is -0.646. The Morgan fingerprint density at radius 2 is 1.59 bits per heavy atom. The van der Waals surface area contributed by atoms with Gasteiger partial charge in [0.15, 0.2) is 0 Å². The Morgan fingerprint density at radius 3 is 2.17 bits per heavy atom. The number of hydrogen-bond acceptors (Lipinski definition) is 7. The number of carboxylic acid groups (broad SMARTS) is 1. The number of nitrogens with zero attached hydrogens (tertiary/aromatic N) is 1. The van der Waals surface area contributed by atoms with Gasteiger partial charge in [-0.2, -0.15) is 4.31 Å². The lowest BCUT2D eigenvalue weighted by atomic mass is 10.2. The van der Waals surface area contributed by atoms with E-state index < -0.39 is 26.0 Å². The number of aromatic carboxylic acids is 1. The van der Waals surface area contributed by atoms with Gasteiger partial charge in [-0.25, -0.2) is 16.8 Å². The van der Waals surface area contributed by atoms with Crippen molar-refractivity contribution in [3.63, 3.8) is 0 Å². The van der Waals surface area contributed by atoms with Crippen molar-refractivity contribution in [2.45, 2.75) is 9.79 Å². The van der Waals surface area contributed by atoms with E-state index in [-0.39, 0.29) is 52.4 Å². The van der Waals surface area contributed by atoms with Gasteiger partial charge < -0.3 is 14.6 Å². The second-order valence-corrected chi connectivity index (χ2v) is 10.1. The first-order chi connectivity index (χ1) is 13.6. The molecular weight excluding hydrogens is 444 g/mol. The Labute approximate surface area is 173 Å². The quantitative estimate of drug-likeness (QED) is 0.665. The van der Waals surface area contributed by atoms with Crippen molar-refractivity contribution in [3.8, 4) is 0 Å². The molecule has 1 aliphatic rings. The smallest absolute Gasteiger partial charge is 0.261 e. The third-order valence-electron chi connectivity index (χ3n) is 4.19. The molecule has 12 heteroatoms. The summed E-state index contributed by atoms with van der Waals surface area (Å²) in [4.78, 5) is 10.9. The summed E-state index contributed by atoms with van der Waals surface area (Å²) < 4.78 is 59.0. The molecule has 1 fully saturated rings. The number of carbonyl (C=O) groups is 1.